The van der Waals surface area contributed by atoms with Crippen LogP contribution in [0, 0.1) is 6.92 Å². The van der Waals surface area contributed by atoms with Crippen LogP contribution in [0.3, 0.4) is 0 Å². The number of carbonyl (C=O) groups is 2. The number of benzene rings is 2. The highest BCUT2D eigenvalue weighted by molar-refractivity contribution is 6.05. The van der Waals surface area contributed by atoms with Gasteiger partial charge in [0.1, 0.15) is 35.0 Å². The first-order valence-corrected chi connectivity index (χ1v) is 11.8. The molecule has 1 amide bonds. The Hall–Kier alpha value is -4.09. The first kappa shape index (κ1) is 27.0. The average Bonchev–Trinajstić information content (AvgIpc) is 2.86. The maximum atomic E-state index is 12.7. The summed E-state index contributed by atoms with van der Waals surface area (Å²) in [6.07, 6.45) is -3.65. The molecule has 11 nitrogen and oxygen atoms in total. The van der Waals surface area contributed by atoms with Gasteiger partial charge in [-0.05, 0) is 57.2 Å². The van der Waals surface area contributed by atoms with Gasteiger partial charge in [0, 0.05) is 25.0 Å². The number of aryl methyl sites for hydroxylation is 1. The van der Waals surface area contributed by atoms with Gasteiger partial charge in [0.25, 0.3) is 5.91 Å². The summed E-state index contributed by atoms with van der Waals surface area (Å²) in [6, 6.07) is 11.4. The monoisotopic (exact) mass is 529 g/mol. The minimum Gasteiger partial charge on any atom is -0.497 e. The van der Waals surface area contributed by atoms with Crippen molar-refractivity contribution in [2.75, 3.05) is 19.5 Å². The third kappa shape index (κ3) is 5.58. The Morgan fingerprint density at radius 1 is 1.16 bits per heavy atom. The van der Waals surface area contributed by atoms with Gasteiger partial charge in [0.2, 0.25) is 6.29 Å². The van der Waals surface area contributed by atoms with E-state index in [9.17, 15) is 14.4 Å². The fourth-order valence-corrected chi connectivity index (χ4v) is 4.58. The molecule has 2 heterocycles. The third-order valence-corrected chi connectivity index (χ3v) is 6.33. The fourth-order valence-electron chi connectivity index (χ4n) is 4.58. The summed E-state index contributed by atoms with van der Waals surface area (Å²) in [4.78, 5) is 36.6. The van der Waals surface area contributed by atoms with Crippen LogP contribution >= 0.6 is 0 Å². The second-order valence-electron chi connectivity index (χ2n) is 9.32. The van der Waals surface area contributed by atoms with Crippen molar-refractivity contribution >= 4 is 28.7 Å². The number of nitrogens with one attached hydrogen (secondary N) is 1. The summed E-state index contributed by atoms with van der Waals surface area (Å²) in [5.41, 5.74) is -0.548. The third-order valence-electron chi connectivity index (χ3n) is 6.33. The quantitative estimate of drug-likeness (QED) is 0.329. The highest BCUT2D eigenvalue weighted by Crippen LogP contribution is 2.36. The molecule has 3 atom stereocenters. The summed E-state index contributed by atoms with van der Waals surface area (Å²) in [7, 11) is 2.95. The van der Waals surface area contributed by atoms with Crippen molar-refractivity contribution in [2.45, 2.75) is 51.3 Å². The minimum atomic E-state index is -1.42. The zero-order valence-electron chi connectivity index (χ0n) is 21.6. The van der Waals surface area contributed by atoms with Crippen molar-refractivity contribution in [3.8, 4) is 11.5 Å². The van der Waals surface area contributed by atoms with Crippen LogP contribution in [0.1, 0.15) is 37.6 Å². The molecular weight excluding hydrogens is 498 g/mol. The van der Waals surface area contributed by atoms with E-state index in [0.717, 1.165) is 0 Å². The maximum Gasteiger partial charge on any atom is 0.506 e. The SMILES string of the molecule is COc1cccc(C(=O)Nc2cc3ccc(O[C@H]4C[C@H](OC(=O)O)[C@@H](OC)C(C)(C)O4)c(C)c3oc2=O)c1.[HH]. The lowest BCUT2D eigenvalue weighted by atomic mass is 9.91. The van der Waals surface area contributed by atoms with Gasteiger partial charge in [-0.15, -0.1) is 0 Å². The second kappa shape index (κ2) is 10.7. The molecule has 1 aromatic heterocycles. The normalized spacial score (nSPS) is 20.5. The fraction of sp³-hybridized carbons (Fsp3) is 0.370. The molecule has 0 aliphatic carbocycles. The molecule has 0 radical (unpaired) electrons. The predicted molar refractivity (Wildman–Crippen MR) is 138 cm³/mol. The number of amides is 1. The van der Waals surface area contributed by atoms with Crippen LogP contribution in [-0.4, -0.2) is 55.5 Å². The average molecular weight is 530 g/mol. The van der Waals surface area contributed by atoms with Crippen LogP contribution in [0.2, 0.25) is 0 Å². The molecule has 11 heteroatoms. The maximum absolute atomic E-state index is 12.7. The summed E-state index contributed by atoms with van der Waals surface area (Å²) in [5, 5.41) is 12.3. The number of carbonyl (C=O) groups excluding carboxylic acids is 1. The molecule has 3 aromatic rings. The number of carboxylic acid groups (broad SMARTS) is 1. The first-order chi connectivity index (χ1) is 18.0. The number of fused-ring (bicyclic) bond motifs is 1. The van der Waals surface area contributed by atoms with Crippen LogP contribution in [-0.2, 0) is 14.2 Å². The molecule has 204 valence electrons. The van der Waals surface area contributed by atoms with Gasteiger partial charge >= 0.3 is 11.8 Å². The second-order valence-corrected chi connectivity index (χ2v) is 9.32. The number of hydrogen-bond donors (Lipinski definition) is 2. The molecule has 0 bridgehead atoms. The summed E-state index contributed by atoms with van der Waals surface area (Å²) >= 11 is 0. The molecule has 0 saturated carbocycles. The molecule has 1 aliphatic heterocycles. The molecule has 0 spiro atoms. The largest absolute Gasteiger partial charge is 0.506 e. The highest BCUT2D eigenvalue weighted by Gasteiger charge is 2.47. The van der Waals surface area contributed by atoms with Crippen LogP contribution in [0.4, 0.5) is 10.5 Å². The Morgan fingerprint density at radius 3 is 2.61 bits per heavy atom. The van der Waals surface area contributed by atoms with Crippen LogP contribution in [0.25, 0.3) is 11.0 Å². The summed E-state index contributed by atoms with van der Waals surface area (Å²) < 4.78 is 33.2. The van der Waals surface area contributed by atoms with E-state index < -0.39 is 41.8 Å². The van der Waals surface area contributed by atoms with Crippen LogP contribution in [0.5, 0.6) is 11.5 Å². The van der Waals surface area contributed by atoms with E-state index in [0.29, 0.717) is 28.0 Å². The first-order valence-electron chi connectivity index (χ1n) is 11.8. The van der Waals surface area contributed by atoms with Gasteiger partial charge in [-0.3, -0.25) is 4.79 Å². The Balaban J connectivity index is 0.00000420. The molecule has 1 saturated heterocycles. The van der Waals surface area contributed by atoms with E-state index in [4.69, 9.17) is 33.2 Å². The molecule has 38 heavy (non-hydrogen) atoms. The molecular formula is C27H31NO10. The number of rotatable bonds is 7. The Kier molecular flexibility index (Phi) is 7.61. The van der Waals surface area contributed by atoms with Crippen LogP contribution in [0.15, 0.2) is 51.7 Å². The topological polar surface area (TPSA) is 143 Å². The summed E-state index contributed by atoms with van der Waals surface area (Å²) in [6.45, 7) is 5.22. The lowest BCUT2D eigenvalue weighted by Gasteiger charge is -2.44. The number of ether oxygens (including phenoxy) is 5. The smallest absolute Gasteiger partial charge is 0.497 e. The molecule has 2 N–H and O–H groups in total. The van der Waals surface area contributed by atoms with Crippen molar-refractivity contribution in [3.63, 3.8) is 0 Å². The lowest BCUT2D eigenvalue weighted by molar-refractivity contribution is -0.265. The number of anilines is 1. The van der Waals surface area contributed by atoms with Crippen molar-refractivity contribution < 1.29 is 44.2 Å². The molecule has 0 unspecified atom stereocenters. The van der Waals surface area contributed by atoms with Gasteiger partial charge in [-0.2, -0.15) is 0 Å². The van der Waals surface area contributed by atoms with E-state index in [2.05, 4.69) is 5.32 Å². The van der Waals surface area contributed by atoms with Crippen molar-refractivity contribution in [3.05, 3.63) is 64.0 Å². The number of methoxy groups -OCH3 is 2. The van der Waals surface area contributed by atoms with E-state index >= 15 is 0 Å². The van der Waals surface area contributed by atoms with E-state index in [1.807, 2.05) is 0 Å². The zero-order valence-corrected chi connectivity index (χ0v) is 21.6. The number of hydrogen-bond acceptors (Lipinski definition) is 9. The van der Waals surface area contributed by atoms with Gasteiger partial charge in [-0.1, -0.05) is 6.07 Å². The van der Waals surface area contributed by atoms with Gasteiger partial charge in [0.15, 0.2) is 0 Å². The Morgan fingerprint density at radius 2 is 1.92 bits per heavy atom. The standard InChI is InChI=1S/C27H29NO10.H2/c1-14-19(35-21-13-20(36-26(31)32)23(34-5)27(2,3)38-21)10-9-15-12-18(25(30)37-22(14)15)28-24(29)16-7-6-8-17(11-16)33-4;/h6-12,20-21,23H,13H2,1-5H3,(H,28,29)(H,31,32);1H/t20-,21+,23+;/m0./s1. The van der Waals surface area contributed by atoms with Crippen molar-refractivity contribution in [1.82, 2.24) is 0 Å². The molecule has 2 aromatic carbocycles. The van der Waals surface area contributed by atoms with Gasteiger partial charge in [-0.25, -0.2) is 9.59 Å². The lowest BCUT2D eigenvalue weighted by Crippen LogP contribution is -2.57. The van der Waals surface area contributed by atoms with E-state index in [1.54, 1.807) is 57.2 Å². The summed E-state index contributed by atoms with van der Waals surface area (Å²) in [5.74, 6) is 0.395. The van der Waals surface area contributed by atoms with E-state index in [-0.39, 0.29) is 19.1 Å². The van der Waals surface area contributed by atoms with E-state index in [1.165, 1.54) is 20.3 Å². The van der Waals surface area contributed by atoms with Crippen molar-refractivity contribution in [2.24, 2.45) is 0 Å². The zero-order chi connectivity index (χ0) is 27.6. The predicted octanol–water partition coefficient (Wildman–Crippen LogP) is 4.59. The minimum absolute atomic E-state index is 0. The van der Waals surface area contributed by atoms with Gasteiger partial charge < -0.3 is 38.5 Å². The molecule has 1 fully saturated rings. The van der Waals surface area contributed by atoms with Crippen LogP contribution < -0.4 is 20.4 Å². The van der Waals surface area contributed by atoms with Crippen molar-refractivity contribution in [1.29, 1.82) is 0 Å². The Bertz CT molecular complexity index is 1420. The van der Waals surface area contributed by atoms with Gasteiger partial charge in [0.05, 0.1) is 19.1 Å². The Labute approximate surface area is 219 Å². The molecule has 1 aliphatic rings. The highest BCUT2D eigenvalue weighted by atomic mass is 16.7. The molecule has 4 rings (SSSR count).